The average molecular weight is 330 g/mol. The normalized spacial score (nSPS) is 28.5. The third-order valence-electron chi connectivity index (χ3n) is 4.13. The second kappa shape index (κ2) is 10.6. The zero-order valence-electron chi connectivity index (χ0n) is 14.7. The Morgan fingerprint density at radius 1 is 0.783 bits per heavy atom. The van der Waals surface area contributed by atoms with Crippen molar-refractivity contribution in [2.45, 2.75) is 83.7 Å². The molecule has 0 aromatic rings. The van der Waals surface area contributed by atoms with E-state index < -0.39 is 0 Å². The van der Waals surface area contributed by atoms with Crippen LogP contribution in [0.5, 0.6) is 0 Å². The van der Waals surface area contributed by atoms with Gasteiger partial charge in [-0.3, -0.25) is 9.59 Å². The van der Waals surface area contributed by atoms with Crippen molar-refractivity contribution in [1.82, 2.24) is 0 Å². The lowest BCUT2D eigenvalue weighted by Gasteiger charge is -2.35. The van der Waals surface area contributed by atoms with E-state index in [4.69, 9.17) is 18.9 Å². The standard InChI is InChI=1S/C9H16O3.C8H14O3/c1-3-9(10)12-8-6-5-7(8)11-4-2;1-3-8(9)11-7-5-4-6(7)10-2/h7-8H,3-6H2,1-2H3;6-7H,3-5H2,1-2H3. The fourth-order valence-corrected chi connectivity index (χ4v) is 2.33. The molecule has 0 amide bonds. The highest BCUT2D eigenvalue weighted by Gasteiger charge is 2.34. The maximum Gasteiger partial charge on any atom is 0.305 e. The van der Waals surface area contributed by atoms with Crippen LogP contribution in [-0.2, 0) is 28.5 Å². The Labute approximate surface area is 138 Å². The van der Waals surface area contributed by atoms with Crippen LogP contribution in [0.25, 0.3) is 0 Å². The zero-order chi connectivity index (χ0) is 17.2. The van der Waals surface area contributed by atoms with Gasteiger partial charge in [-0.05, 0) is 32.6 Å². The van der Waals surface area contributed by atoms with Gasteiger partial charge < -0.3 is 18.9 Å². The Kier molecular flexibility index (Phi) is 9.17. The Bertz CT molecular complexity index is 368. The summed E-state index contributed by atoms with van der Waals surface area (Å²) in [4.78, 5) is 21.7. The number of methoxy groups -OCH3 is 1. The zero-order valence-corrected chi connectivity index (χ0v) is 14.7. The summed E-state index contributed by atoms with van der Waals surface area (Å²) in [6, 6.07) is 0. The van der Waals surface area contributed by atoms with Crippen LogP contribution in [0.1, 0.15) is 59.3 Å². The molecule has 0 aromatic carbocycles. The molecule has 0 N–H and O–H groups in total. The molecule has 0 aliphatic heterocycles. The van der Waals surface area contributed by atoms with Crippen molar-refractivity contribution in [3.05, 3.63) is 0 Å². The number of hydrogen-bond acceptors (Lipinski definition) is 6. The predicted octanol–water partition coefficient (Wildman–Crippen LogP) is 2.62. The third kappa shape index (κ3) is 6.47. The first-order valence-electron chi connectivity index (χ1n) is 8.58. The highest BCUT2D eigenvalue weighted by atomic mass is 16.6. The number of ether oxygens (including phenoxy) is 4. The smallest absolute Gasteiger partial charge is 0.305 e. The van der Waals surface area contributed by atoms with Gasteiger partial charge in [0.2, 0.25) is 0 Å². The van der Waals surface area contributed by atoms with E-state index in [0.717, 1.165) is 25.7 Å². The first-order valence-corrected chi connectivity index (χ1v) is 8.58. The molecule has 0 radical (unpaired) electrons. The molecule has 23 heavy (non-hydrogen) atoms. The lowest BCUT2D eigenvalue weighted by Crippen LogP contribution is -2.42. The van der Waals surface area contributed by atoms with E-state index >= 15 is 0 Å². The maximum atomic E-state index is 10.9. The van der Waals surface area contributed by atoms with Gasteiger partial charge >= 0.3 is 11.9 Å². The van der Waals surface area contributed by atoms with Crippen molar-refractivity contribution < 1.29 is 28.5 Å². The summed E-state index contributed by atoms with van der Waals surface area (Å²) in [6.07, 6.45) is 5.19. The average Bonchev–Trinajstić information content (AvgIpc) is 2.53. The van der Waals surface area contributed by atoms with Crippen LogP contribution in [0.2, 0.25) is 0 Å². The molecule has 0 aromatic heterocycles. The number of esters is 2. The van der Waals surface area contributed by atoms with Crippen LogP contribution < -0.4 is 0 Å². The molecule has 0 saturated heterocycles. The summed E-state index contributed by atoms with van der Waals surface area (Å²) < 4.78 is 20.6. The van der Waals surface area contributed by atoms with Crippen LogP contribution in [0.4, 0.5) is 0 Å². The third-order valence-corrected chi connectivity index (χ3v) is 4.13. The lowest BCUT2D eigenvalue weighted by molar-refractivity contribution is -0.169. The largest absolute Gasteiger partial charge is 0.460 e. The second-order valence-electron chi connectivity index (χ2n) is 5.69. The molecule has 2 aliphatic rings. The van der Waals surface area contributed by atoms with E-state index in [1.807, 2.05) is 6.92 Å². The molecular formula is C17H30O6. The van der Waals surface area contributed by atoms with Gasteiger partial charge in [0.15, 0.2) is 0 Å². The summed E-state index contributed by atoms with van der Waals surface area (Å²) >= 11 is 0. The molecule has 0 heterocycles. The first-order chi connectivity index (χ1) is 11.0. The minimum absolute atomic E-state index is 0.0208. The monoisotopic (exact) mass is 330 g/mol. The Morgan fingerprint density at radius 2 is 1.22 bits per heavy atom. The molecule has 2 fully saturated rings. The Morgan fingerprint density at radius 3 is 1.52 bits per heavy atom. The van der Waals surface area contributed by atoms with Crippen molar-refractivity contribution in [2.75, 3.05) is 13.7 Å². The molecule has 4 atom stereocenters. The molecule has 0 spiro atoms. The summed E-state index contributed by atoms with van der Waals surface area (Å²) in [6.45, 7) is 6.25. The van der Waals surface area contributed by atoms with Gasteiger partial charge in [-0.25, -0.2) is 0 Å². The van der Waals surface area contributed by atoms with Crippen LogP contribution in [0.15, 0.2) is 0 Å². The van der Waals surface area contributed by atoms with E-state index in [9.17, 15) is 9.59 Å². The first kappa shape index (κ1) is 19.9. The van der Waals surface area contributed by atoms with Gasteiger partial charge in [0.1, 0.15) is 12.2 Å². The molecule has 6 nitrogen and oxygen atoms in total. The molecule has 134 valence electrons. The molecular weight excluding hydrogens is 300 g/mol. The summed E-state index contributed by atoms with van der Waals surface area (Å²) in [5.74, 6) is -0.249. The fourth-order valence-electron chi connectivity index (χ4n) is 2.33. The number of carbonyl (C=O) groups is 2. The van der Waals surface area contributed by atoms with E-state index in [1.165, 1.54) is 0 Å². The van der Waals surface area contributed by atoms with Crippen molar-refractivity contribution in [3.63, 3.8) is 0 Å². The maximum absolute atomic E-state index is 10.9. The highest BCUT2D eigenvalue weighted by Crippen LogP contribution is 2.27. The minimum Gasteiger partial charge on any atom is -0.460 e. The highest BCUT2D eigenvalue weighted by molar-refractivity contribution is 5.69. The van der Waals surface area contributed by atoms with Crippen LogP contribution in [0, 0.1) is 0 Å². The van der Waals surface area contributed by atoms with Gasteiger partial charge in [-0.15, -0.1) is 0 Å². The minimum atomic E-state index is -0.128. The second-order valence-corrected chi connectivity index (χ2v) is 5.69. The molecule has 4 unspecified atom stereocenters. The van der Waals surface area contributed by atoms with Crippen LogP contribution in [0.3, 0.4) is 0 Å². The van der Waals surface area contributed by atoms with E-state index in [0.29, 0.717) is 19.4 Å². The van der Waals surface area contributed by atoms with Gasteiger partial charge in [-0.2, -0.15) is 0 Å². The molecule has 2 aliphatic carbocycles. The SMILES string of the molecule is CCC(=O)OC1CCC1OC.CCOC1CCC1OC(=O)CC. The van der Waals surface area contributed by atoms with Crippen molar-refractivity contribution in [3.8, 4) is 0 Å². The number of rotatable bonds is 7. The van der Waals surface area contributed by atoms with Crippen molar-refractivity contribution >= 4 is 11.9 Å². The van der Waals surface area contributed by atoms with Crippen LogP contribution in [-0.4, -0.2) is 50.1 Å². The predicted molar refractivity (Wildman–Crippen MR) is 85.0 cm³/mol. The topological polar surface area (TPSA) is 71.1 Å². The molecule has 2 rings (SSSR count). The quantitative estimate of drug-likeness (QED) is 0.668. The van der Waals surface area contributed by atoms with E-state index in [2.05, 4.69) is 0 Å². The summed E-state index contributed by atoms with van der Waals surface area (Å²) in [7, 11) is 1.65. The van der Waals surface area contributed by atoms with Gasteiger partial charge in [0.25, 0.3) is 0 Å². The van der Waals surface area contributed by atoms with Crippen molar-refractivity contribution in [1.29, 1.82) is 0 Å². The van der Waals surface area contributed by atoms with Gasteiger partial charge in [0.05, 0.1) is 12.2 Å². The molecule has 6 heteroatoms. The summed E-state index contributed by atoms with van der Waals surface area (Å²) in [5.41, 5.74) is 0. The van der Waals surface area contributed by atoms with Crippen molar-refractivity contribution in [2.24, 2.45) is 0 Å². The summed E-state index contributed by atoms with van der Waals surface area (Å²) in [5, 5.41) is 0. The Balaban J connectivity index is 0.000000231. The number of carbonyl (C=O) groups excluding carboxylic acids is 2. The Hall–Kier alpha value is -1.14. The fraction of sp³-hybridized carbons (Fsp3) is 0.882. The molecule has 2 saturated carbocycles. The van der Waals surface area contributed by atoms with E-state index in [-0.39, 0.29) is 36.4 Å². The lowest BCUT2D eigenvalue weighted by atomic mass is 9.92. The van der Waals surface area contributed by atoms with E-state index in [1.54, 1.807) is 21.0 Å². The van der Waals surface area contributed by atoms with Gasteiger partial charge in [-0.1, -0.05) is 13.8 Å². The van der Waals surface area contributed by atoms with Gasteiger partial charge in [0, 0.05) is 26.6 Å². The molecule has 0 bridgehead atoms. The number of hydrogen-bond donors (Lipinski definition) is 0. The van der Waals surface area contributed by atoms with Crippen LogP contribution >= 0.6 is 0 Å².